The van der Waals surface area contributed by atoms with Crippen molar-refractivity contribution in [2.45, 2.75) is 38.5 Å². The van der Waals surface area contributed by atoms with E-state index in [4.69, 9.17) is 10.00 Å². The molecule has 3 rings (SSSR count). The van der Waals surface area contributed by atoms with E-state index in [1.807, 2.05) is 32.2 Å². The van der Waals surface area contributed by atoms with Crippen molar-refractivity contribution in [2.75, 3.05) is 20.2 Å². The number of hydrogen-bond acceptors (Lipinski definition) is 6. The Bertz CT molecular complexity index is 795. The van der Waals surface area contributed by atoms with Crippen LogP contribution < -0.4 is 4.74 Å². The van der Waals surface area contributed by atoms with Gasteiger partial charge in [0.1, 0.15) is 23.1 Å². The van der Waals surface area contributed by atoms with Crippen LogP contribution in [0.1, 0.15) is 43.1 Å². The summed E-state index contributed by atoms with van der Waals surface area (Å²) in [5.41, 5.74) is 1.23. The quantitative estimate of drug-likeness (QED) is 0.893. The van der Waals surface area contributed by atoms with Crippen LogP contribution in [0.15, 0.2) is 24.4 Å². The van der Waals surface area contributed by atoms with E-state index in [0.29, 0.717) is 36.5 Å². The van der Waals surface area contributed by atoms with E-state index in [0.717, 1.165) is 12.1 Å². The van der Waals surface area contributed by atoms with Crippen molar-refractivity contribution in [3.05, 3.63) is 41.2 Å². The van der Waals surface area contributed by atoms with Gasteiger partial charge >= 0.3 is 0 Å². The van der Waals surface area contributed by atoms with E-state index in [-0.39, 0.29) is 6.04 Å². The molecule has 1 aromatic heterocycles. The zero-order valence-corrected chi connectivity index (χ0v) is 14.8. The van der Waals surface area contributed by atoms with Crippen LogP contribution in [0.3, 0.4) is 0 Å². The second-order valence-corrected chi connectivity index (χ2v) is 6.82. The maximum Gasteiger partial charge on any atom is 0.136 e. The van der Waals surface area contributed by atoms with Gasteiger partial charge in [-0.2, -0.15) is 5.26 Å². The first-order chi connectivity index (χ1) is 11.9. The van der Waals surface area contributed by atoms with Crippen LogP contribution in [0.4, 0.5) is 0 Å². The molecule has 2 aromatic rings. The molecule has 0 amide bonds. The number of hydrogen-bond donors (Lipinski definition) is 1. The van der Waals surface area contributed by atoms with Crippen molar-refractivity contribution in [3.63, 3.8) is 0 Å². The number of aromatic nitrogens is 3. The SMILES string of the molecule is COc1cc(CN2CCC(O)(c3cn(C(C)C)nn3)C2)ccc1C#N. The first-order valence-electron chi connectivity index (χ1n) is 8.39. The molecule has 132 valence electrons. The minimum Gasteiger partial charge on any atom is -0.495 e. The fourth-order valence-corrected chi connectivity index (χ4v) is 3.14. The normalized spacial score (nSPS) is 20.8. The average Bonchev–Trinajstić information content (AvgIpc) is 3.23. The number of methoxy groups -OCH3 is 1. The Hall–Kier alpha value is -2.43. The summed E-state index contributed by atoms with van der Waals surface area (Å²) in [5.74, 6) is 0.578. The van der Waals surface area contributed by atoms with Crippen LogP contribution in [-0.2, 0) is 12.1 Å². The van der Waals surface area contributed by atoms with E-state index >= 15 is 0 Å². The van der Waals surface area contributed by atoms with Crippen LogP contribution in [0.25, 0.3) is 0 Å². The van der Waals surface area contributed by atoms with Gasteiger partial charge in [-0.25, -0.2) is 4.68 Å². The molecule has 1 saturated heterocycles. The van der Waals surface area contributed by atoms with Crippen LogP contribution in [-0.4, -0.2) is 45.2 Å². The highest BCUT2D eigenvalue weighted by molar-refractivity contribution is 5.45. The monoisotopic (exact) mass is 341 g/mol. The molecule has 0 aliphatic carbocycles. The number of nitrogens with zero attached hydrogens (tertiary/aromatic N) is 5. The Morgan fingerprint density at radius 3 is 2.88 bits per heavy atom. The van der Waals surface area contributed by atoms with Gasteiger partial charge in [-0.1, -0.05) is 11.3 Å². The molecule has 1 aliphatic heterocycles. The van der Waals surface area contributed by atoms with Crippen molar-refractivity contribution in [1.82, 2.24) is 19.9 Å². The van der Waals surface area contributed by atoms with E-state index in [1.54, 1.807) is 17.9 Å². The van der Waals surface area contributed by atoms with Gasteiger partial charge in [0.15, 0.2) is 0 Å². The van der Waals surface area contributed by atoms with E-state index in [9.17, 15) is 5.11 Å². The van der Waals surface area contributed by atoms with Gasteiger partial charge in [0.25, 0.3) is 0 Å². The third-order valence-corrected chi connectivity index (χ3v) is 4.64. The lowest BCUT2D eigenvalue weighted by Crippen LogP contribution is -2.31. The molecule has 0 spiro atoms. The zero-order chi connectivity index (χ0) is 18.0. The molecule has 1 atom stereocenters. The summed E-state index contributed by atoms with van der Waals surface area (Å²) in [6.45, 7) is 6.02. The maximum absolute atomic E-state index is 11.0. The Balaban J connectivity index is 1.71. The first-order valence-corrected chi connectivity index (χ1v) is 8.39. The smallest absolute Gasteiger partial charge is 0.136 e. The summed E-state index contributed by atoms with van der Waals surface area (Å²) < 4.78 is 7.03. The zero-order valence-electron chi connectivity index (χ0n) is 14.8. The molecule has 0 bridgehead atoms. The molecule has 1 unspecified atom stereocenters. The lowest BCUT2D eigenvalue weighted by molar-refractivity contribution is 0.0408. The highest BCUT2D eigenvalue weighted by Crippen LogP contribution is 2.32. The molecule has 1 N–H and O–H groups in total. The maximum atomic E-state index is 11.0. The highest BCUT2D eigenvalue weighted by atomic mass is 16.5. The van der Waals surface area contributed by atoms with Crippen molar-refractivity contribution in [2.24, 2.45) is 0 Å². The van der Waals surface area contributed by atoms with Crippen molar-refractivity contribution >= 4 is 0 Å². The molecule has 0 radical (unpaired) electrons. The molecule has 7 nitrogen and oxygen atoms in total. The van der Waals surface area contributed by atoms with Crippen LogP contribution in [0, 0.1) is 11.3 Å². The Labute approximate surface area is 147 Å². The van der Waals surface area contributed by atoms with Gasteiger partial charge in [-0.3, -0.25) is 4.90 Å². The Morgan fingerprint density at radius 2 is 2.24 bits per heavy atom. The van der Waals surface area contributed by atoms with Gasteiger partial charge in [-0.15, -0.1) is 5.10 Å². The minimum atomic E-state index is -0.968. The Kier molecular flexibility index (Phi) is 4.75. The molecular weight excluding hydrogens is 318 g/mol. The number of likely N-dealkylation sites (tertiary alicyclic amines) is 1. The summed E-state index contributed by atoms with van der Waals surface area (Å²) in [7, 11) is 1.56. The number of ether oxygens (including phenoxy) is 1. The number of nitriles is 1. The molecule has 1 aromatic carbocycles. The molecule has 0 saturated carbocycles. The molecule has 25 heavy (non-hydrogen) atoms. The summed E-state index contributed by atoms with van der Waals surface area (Å²) in [5, 5.41) is 28.3. The molecule has 2 heterocycles. The summed E-state index contributed by atoms with van der Waals surface area (Å²) in [6.07, 6.45) is 2.45. The lowest BCUT2D eigenvalue weighted by atomic mass is 10.00. The summed E-state index contributed by atoms with van der Waals surface area (Å²) >= 11 is 0. The molecular formula is C18H23N5O2. The van der Waals surface area contributed by atoms with Gasteiger partial charge in [-0.05, 0) is 38.0 Å². The van der Waals surface area contributed by atoms with Crippen molar-refractivity contribution in [3.8, 4) is 11.8 Å². The second-order valence-electron chi connectivity index (χ2n) is 6.82. The minimum absolute atomic E-state index is 0.216. The van der Waals surface area contributed by atoms with Crippen LogP contribution >= 0.6 is 0 Å². The first kappa shape index (κ1) is 17.4. The van der Waals surface area contributed by atoms with E-state index in [2.05, 4.69) is 21.3 Å². The largest absolute Gasteiger partial charge is 0.495 e. The van der Waals surface area contributed by atoms with Crippen molar-refractivity contribution < 1.29 is 9.84 Å². The van der Waals surface area contributed by atoms with Gasteiger partial charge in [0, 0.05) is 25.7 Å². The van der Waals surface area contributed by atoms with Crippen molar-refractivity contribution in [1.29, 1.82) is 5.26 Å². The lowest BCUT2D eigenvalue weighted by Gasteiger charge is -2.21. The van der Waals surface area contributed by atoms with Gasteiger partial charge < -0.3 is 9.84 Å². The predicted octanol–water partition coefficient (Wildman–Crippen LogP) is 1.83. The number of β-amino-alcohol motifs (C(OH)–C–C–N with tert-alkyl or cyclic N) is 1. The second kappa shape index (κ2) is 6.82. The summed E-state index contributed by atoms with van der Waals surface area (Å²) in [6, 6.07) is 7.91. The standard InChI is InChI=1S/C18H23N5O2/c1-13(2)23-11-17(20-21-23)18(24)6-7-22(12-18)10-14-4-5-15(9-19)16(8-14)25-3/h4-5,8,11,13,24H,6-7,10,12H2,1-3H3. The van der Waals surface area contributed by atoms with E-state index in [1.165, 1.54) is 0 Å². The average molecular weight is 341 g/mol. The number of aliphatic hydroxyl groups is 1. The highest BCUT2D eigenvalue weighted by Gasteiger charge is 2.40. The predicted molar refractivity (Wildman–Crippen MR) is 91.9 cm³/mol. The fourth-order valence-electron chi connectivity index (χ4n) is 3.14. The molecule has 1 fully saturated rings. The summed E-state index contributed by atoms with van der Waals surface area (Å²) in [4.78, 5) is 2.18. The van der Waals surface area contributed by atoms with Gasteiger partial charge in [0.2, 0.25) is 0 Å². The van der Waals surface area contributed by atoms with Crippen LogP contribution in [0.2, 0.25) is 0 Å². The third-order valence-electron chi connectivity index (χ3n) is 4.64. The van der Waals surface area contributed by atoms with E-state index < -0.39 is 5.60 Å². The fraction of sp³-hybridized carbons (Fsp3) is 0.500. The molecule has 1 aliphatic rings. The van der Waals surface area contributed by atoms with Gasteiger partial charge in [0.05, 0.1) is 18.9 Å². The number of rotatable bonds is 5. The van der Waals surface area contributed by atoms with Crippen LogP contribution in [0.5, 0.6) is 5.75 Å². The third kappa shape index (κ3) is 3.50. The molecule has 7 heteroatoms. The number of benzene rings is 1. The topological polar surface area (TPSA) is 87.2 Å². The Morgan fingerprint density at radius 1 is 1.44 bits per heavy atom.